The second-order valence-electron chi connectivity index (χ2n) is 4.17. The largest absolute Gasteiger partial charge is 0.313 e. The number of thiazole rings is 1. The van der Waals surface area contributed by atoms with Gasteiger partial charge in [-0.1, -0.05) is 0 Å². The zero-order valence-corrected chi connectivity index (χ0v) is 11.2. The third kappa shape index (κ3) is 5.12. The zero-order valence-electron chi connectivity index (χ0n) is 9.55. The van der Waals surface area contributed by atoms with E-state index >= 15 is 0 Å². The predicted octanol–water partition coefficient (Wildman–Crippen LogP) is 0.357. The molecule has 1 aliphatic carbocycles. The lowest BCUT2D eigenvalue weighted by Gasteiger charge is -2.06. The van der Waals surface area contributed by atoms with E-state index in [1.807, 2.05) is 5.38 Å². The minimum Gasteiger partial charge on any atom is -0.313 e. The van der Waals surface area contributed by atoms with Crippen molar-refractivity contribution in [3.8, 4) is 0 Å². The van der Waals surface area contributed by atoms with Crippen molar-refractivity contribution < 1.29 is 8.42 Å². The van der Waals surface area contributed by atoms with Crippen LogP contribution in [-0.4, -0.2) is 38.3 Å². The molecule has 0 aromatic carbocycles. The summed E-state index contributed by atoms with van der Waals surface area (Å²) in [7, 11) is -3.14. The number of sulfonamides is 1. The van der Waals surface area contributed by atoms with E-state index in [0.29, 0.717) is 25.6 Å². The van der Waals surface area contributed by atoms with E-state index in [4.69, 9.17) is 0 Å². The first kappa shape index (κ1) is 12.9. The summed E-state index contributed by atoms with van der Waals surface area (Å²) in [6.07, 6.45) is 3.01. The van der Waals surface area contributed by atoms with E-state index < -0.39 is 10.0 Å². The van der Waals surface area contributed by atoms with E-state index in [2.05, 4.69) is 15.0 Å². The average molecular weight is 275 g/mol. The van der Waals surface area contributed by atoms with Crippen molar-refractivity contribution in [3.63, 3.8) is 0 Å². The molecule has 0 amide bonds. The summed E-state index contributed by atoms with van der Waals surface area (Å²) < 4.78 is 25.8. The highest BCUT2D eigenvalue weighted by Crippen LogP contribution is 2.17. The van der Waals surface area contributed by atoms with Crippen molar-refractivity contribution in [2.24, 2.45) is 0 Å². The Morgan fingerprint density at radius 1 is 1.41 bits per heavy atom. The molecule has 0 spiro atoms. The van der Waals surface area contributed by atoms with E-state index in [1.54, 1.807) is 5.51 Å². The van der Waals surface area contributed by atoms with Crippen molar-refractivity contribution in [3.05, 3.63) is 16.6 Å². The SMILES string of the molecule is O=S(=O)(CCNC1CC1)NCCc1cscn1. The second-order valence-corrected chi connectivity index (χ2v) is 6.82. The molecule has 17 heavy (non-hydrogen) atoms. The van der Waals surface area contributed by atoms with Crippen LogP contribution >= 0.6 is 11.3 Å². The Morgan fingerprint density at radius 2 is 2.24 bits per heavy atom. The van der Waals surface area contributed by atoms with Crippen LogP contribution in [0.25, 0.3) is 0 Å². The molecule has 2 N–H and O–H groups in total. The van der Waals surface area contributed by atoms with E-state index in [9.17, 15) is 8.42 Å². The van der Waals surface area contributed by atoms with Gasteiger partial charge in [0.1, 0.15) is 0 Å². The van der Waals surface area contributed by atoms with E-state index in [-0.39, 0.29) is 5.75 Å². The summed E-state index contributed by atoms with van der Waals surface area (Å²) in [6.45, 7) is 0.964. The zero-order chi connectivity index (χ0) is 12.1. The lowest BCUT2D eigenvalue weighted by molar-refractivity contribution is 0.576. The summed E-state index contributed by atoms with van der Waals surface area (Å²) in [5, 5.41) is 5.12. The first-order valence-electron chi connectivity index (χ1n) is 5.73. The molecule has 1 aliphatic rings. The van der Waals surface area contributed by atoms with Crippen LogP contribution < -0.4 is 10.0 Å². The van der Waals surface area contributed by atoms with Gasteiger partial charge in [-0.15, -0.1) is 11.3 Å². The van der Waals surface area contributed by atoms with Gasteiger partial charge in [-0.05, 0) is 12.8 Å². The molecule has 0 aliphatic heterocycles. The molecule has 1 heterocycles. The first-order valence-corrected chi connectivity index (χ1v) is 8.33. The van der Waals surface area contributed by atoms with Crippen molar-refractivity contribution >= 4 is 21.4 Å². The Morgan fingerprint density at radius 3 is 2.88 bits per heavy atom. The van der Waals surface area contributed by atoms with Gasteiger partial charge in [0.15, 0.2) is 0 Å². The molecule has 1 aromatic rings. The molecule has 5 nitrogen and oxygen atoms in total. The van der Waals surface area contributed by atoms with Crippen molar-refractivity contribution in [1.29, 1.82) is 0 Å². The van der Waals surface area contributed by atoms with Gasteiger partial charge in [0.2, 0.25) is 10.0 Å². The Balaban J connectivity index is 1.62. The molecule has 1 fully saturated rings. The maximum atomic E-state index is 11.6. The van der Waals surface area contributed by atoms with Gasteiger partial charge in [-0.3, -0.25) is 0 Å². The quantitative estimate of drug-likeness (QED) is 0.718. The lowest BCUT2D eigenvalue weighted by Crippen LogP contribution is -2.33. The van der Waals surface area contributed by atoms with Crippen LogP contribution in [-0.2, 0) is 16.4 Å². The fraction of sp³-hybridized carbons (Fsp3) is 0.700. The van der Waals surface area contributed by atoms with Crippen LogP contribution in [0.2, 0.25) is 0 Å². The van der Waals surface area contributed by atoms with Gasteiger partial charge in [-0.2, -0.15) is 0 Å². The summed E-state index contributed by atoms with van der Waals surface area (Å²) >= 11 is 1.52. The number of hydrogen-bond donors (Lipinski definition) is 2. The van der Waals surface area contributed by atoms with Gasteiger partial charge in [0.05, 0.1) is 17.0 Å². The molecule has 1 saturated carbocycles. The van der Waals surface area contributed by atoms with E-state index in [0.717, 1.165) is 5.69 Å². The Kier molecular flexibility index (Phi) is 4.49. The van der Waals surface area contributed by atoms with Gasteiger partial charge in [-0.25, -0.2) is 18.1 Å². The standard InChI is InChI=1S/C10H17N3O2S2/c14-17(15,6-5-11-9-1-2-9)13-4-3-10-7-16-8-12-10/h7-9,11,13H,1-6H2. The Bertz CT molecular complexity index is 426. The molecule has 0 saturated heterocycles. The number of nitrogens with one attached hydrogen (secondary N) is 2. The molecule has 0 atom stereocenters. The molecule has 0 bridgehead atoms. The van der Waals surface area contributed by atoms with Crippen LogP contribution in [0.5, 0.6) is 0 Å². The molecule has 96 valence electrons. The molecule has 0 unspecified atom stereocenters. The fourth-order valence-electron chi connectivity index (χ4n) is 1.45. The highest BCUT2D eigenvalue weighted by molar-refractivity contribution is 7.89. The Labute approximate surface area is 106 Å². The van der Waals surface area contributed by atoms with Crippen LogP contribution in [0, 0.1) is 0 Å². The summed E-state index contributed by atoms with van der Waals surface area (Å²) in [4.78, 5) is 4.10. The van der Waals surface area contributed by atoms with Crippen LogP contribution in [0.15, 0.2) is 10.9 Å². The number of nitrogens with zero attached hydrogens (tertiary/aromatic N) is 1. The molecule has 1 aromatic heterocycles. The topological polar surface area (TPSA) is 71.1 Å². The normalized spacial score (nSPS) is 16.2. The third-order valence-electron chi connectivity index (χ3n) is 2.57. The third-order valence-corrected chi connectivity index (χ3v) is 4.59. The predicted molar refractivity (Wildman–Crippen MR) is 68.6 cm³/mol. The van der Waals surface area contributed by atoms with Gasteiger partial charge < -0.3 is 5.32 Å². The number of hydrogen-bond acceptors (Lipinski definition) is 5. The molecule has 0 radical (unpaired) electrons. The molecular formula is C10H17N3O2S2. The van der Waals surface area contributed by atoms with Crippen LogP contribution in [0.3, 0.4) is 0 Å². The van der Waals surface area contributed by atoms with Crippen molar-refractivity contribution in [2.45, 2.75) is 25.3 Å². The molecular weight excluding hydrogens is 258 g/mol. The van der Waals surface area contributed by atoms with Crippen LogP contribution in [0.1, 0.15) is 18.5 Å². The smallest absolute Gasteiger partial charge is 0.212 e. The van der Waals surface area contributed by atoms with E-state index in [1.165, 1.54) is 24.2 Å². The van der Waals surface area contributed by atoms with Gasteiger partial charge in [0, 0.05) is 30.9 Å². The highest BCUT2D eigenvalue weighted by Gasteiger charge is 2.20. The minimum absolute atomic E-state index is 0.153. The summed E-state index contributed by atoms with van der Waals surface area (Å²) in [5.41, 5.74) is 2.69. The number of rotatable bonds is 8. The number of aromatic nitrogens is 1. The molecule has 2 rings (SSSR count). The van der Waals surface area contributed by atoms with Crippen molar-refractivity contribution in [1.82, 2.24) is 15.0 Å². The molecule has 7 heteroatoms. The van der Waals surface area contributed by atoms with Crippen LogP contribution in [0.4, 0.5) is 0 Å². The average Bonchev–Trinajstić information content (AvgIpc) is 2.93. The van der Waals surface area contributed by atoms with Gasteiger partial charge in [0.25, 0.3) is 0 Å². The first-order chi connectivity index (χ1) is 8.16. The fourth-order valence-corrected chi connectivity index (χ4v) is 2.99. The minimum atomic E-state index is -3.14. The maximum Gasteiger partial charge on any atom is 0.212 e. The maximum absolute atomic E-state index is 11.6. The lowest BCUT2D eigenvalue weighted by atomic mass is 10.3. The monoisotopic (exact) mass is 275 g/mol. The van der Waals surface area contributed by atoms with Gasteiger partial charge >= 0.3 is 0 Å². The highest BCUT2D eigenvalue weighted by atomic mass is 32.2. The Hall–Kier alpha value is -0.500. The summed E-state index contributed by atoms with van der Waals surface area (Å²) in [6, 6.07) is 0.556. The second kappa shape index (κ2) is 5.90. The summed E-state index contributed by atoms with van der Waals surface area (Å²) in [5.74, 6) is 0.153. The van der Waals surface area contributed by atoms with Crippen molar-refractivity contribution in [2.75, 3.05) is 18.8 Å².